The Morgan fingerprint density at radius 1 is 1.04 bits per heavy atom. The summed E-state index contributed by atoms with van der Waals surface area (Å²) in [5.74, 6) is 0.699. The smallest absolute Gasteiger partial charge is 0.258 e. The molecule has 0 aliphatic carbocycles. The molecule has 24 heavy (non-hydrogen) atoms. The predicted molar refractivity (Wildman–Crippen MR) is 95.1 cm³/mol. The van der Waals surface area contributed by atoms with Crippen LogP contribution in [0.5, 0.6) is 0 Å². The van der Waals surface area contributed by atoms with E-state index in [9.17, 15) is 10.1 Å². The third-order valence-electron chi connectivity index (χ3n) is 3.33. The van der Waals surface area contributed by atoms with Crippen molar-refractivity contribution in [2.24, 2.45) is 0 Å². The number of hydrogen-bond donors (Lipinski definition) is 0. The van der Waals surface area contributed by atoms with E-state index in [1.54, 1.807) is 18.2 Å². The Labute approximate surface area is 147 Å². The van der Waals surface area contributed by atoms with Gasteiger partial charge in [0.25, 0.3) is 5.69 Å². The number of halogens is 1. The van der Waals surface area contributed by atoms with Gasteiger partial charge in [-0.1, -0.05) is 53.7 Å². The lowest BCUT2D eigenvalue weighted by Crippen LogP contribution is -1.92. The van der Waals surface area contributed by atoms with E-state index in [0.29, 0.717) is 17.0 Å². The molecule has 2 aromatic carbocycles. The Morgan fingerprint density at radius 2 is 1.88 bits per heavy atom. The summed E-state index contributed by atoms with van der Waals surface area (Å²) >= 11 is 7.67. The zero-order valence-electron chi connectivity index (χ0n) is 12.4. The molecule has 0 saturated heterocycles. The first-order chi connectivity index (χ1) is 11.6. The molecule has 5 nitrogen and oxygen atoms in total. The zero-order chi connectivity index (χ0) is 16.9. The number of rotatable bonds is 5. The molecule has 1 aromatic heterocycles. The first-order valence-electron chi connectivity index (χ1n) is 7.08. The molecule has 3 aromatic rings. The van der Waals surface area contributed by atoms with Crippen molar-refractivity contribution in [1.29, 1.82) is 0 Å². The number of aromatic nitrogens is 2. The van der Waals surface area contributed by atoms with Crippen LogP contribution >= 0.6 is 23.4 Å². The van der Waals surface area contributed by atoms with E-state index in [0.717, 1.165) is 15.6 Å². The first kappa shape index (κ1) is 16.4. The van der Waals surface area contributed by atoms with Gasteiger partial charge >= 0.3 is 0 Å². The molecule has 0 aliphatic rings. The molecule has 3 rings (SSSR count). The fourth-order valence-corrected chi connectivity index (χ4v) is 3.20. The maximum Gasteiger partial charge on any atom is 0.270 e. The van der Waals surface area contributed by atoms with Crippen molar-refractivity contribution >= 4 is 29.1 Å². The zero-order valence-corrected chi connectivity index (χ0v) is 14.0. The van der Waals surface area contributed by atoms with Crippen LogP contribution in [-0.2, 0) is 5.75 Å². The van der Waals surface area contributed by atoms with E-state index in [-0.39, 0.29) is 5.69 Å². The van der Waals surface area contributed by atoms with E-state index in [2.05, 4.69) is 10.2 Å². The summed E-state index contributed by atoms with van der Waals surface area (Å²) in [5.41, 5.74) is 2.33. The highest BCUT2D eigenvalue weighted by Gasteiger charge is 2.09. The van der Waals surface area contributed by atoms with Crippen LogP contribution in [0.2, 0.25) is 5.02 Å². The summed E-state index contributed by atoms with van der Waals surface area (Å²) in [6.07, 6.45) is 0. The second kappa shape index (κ2) is 7.42. The molecule has 0 fully saturated rings. The van der Waals surface area contributed by atoms with Crippen molar-refractivity contribution in [3.8, 4) is 11.3 Å². The third kappa shape index (κ3) is 3.90. The average Bonchev–Trinajstić information content (AvgIpc) is 2.61. The molecule has 0 saturated carbocycles. The number of nitro benzene ring substituents is 1. The number of nitrogens with zero attached hydrogens (tertiary/aromatic N) is 3. The largest absolute Gasteiger partial charge is 0.270 e. The van der Waals surface area contributed by atoms with Gasteiger partial charge in [0.15, 0.2) is 0 Å². The summed E-state index contributed by atoms with van der Waals surface area (Å²) in [5, 5.41) is 20.7. The van der Waals surface area contributed by atoms with Gasteiger partial charge in [-0.2, -0.15) is 0 Å². The molecule has 7 heteroatoms. The lowest BCUT2D eigenvalue weighted by Gasteiger charge is -2.04. The van der Waals surface area contributed by atoms with E-state index in [1.165, 1.54) is 23.9 Å². The number of benzene rings is 2. The number of hydrogen-bond acceptors (Lipinski definition) is 5. The fraction of sp³-hybridized carbons (Fsp3) is 0.0588. The summed E-state index contributed by atoms with van der Waals surface area (Å²) in [6, 6.07) is 17.7. The SMILES string of the molecule is O=[N+]([O-])c1cccc(-c2ccc(SCc3ccccc3Cl)nn2)c1. The molecule has 1 heterocycles. The minimum absolute atomic E-state index is 0.0338. The van der Waals surface area contributed by atoms with Gasteiger partial charge in [-0.15, -0.1) is 10.2 Å². The predicted octanol–water partition coefficient (Wildman–Crippen LogP) is 5.00. The lowest BCUT2D eigenvalue weighted by atomic mass is 10.1. The Kier molecular flexibility index (Phi) is 5.08. The Morgan fingerprint density at radius 3 is 2.58 bits per heavy atom. The van der Waals surface area contributed by atoms with Crippen LogP contribution in [0.15, 0.2) is 65.7 Å². The van der Waals surface area contributed by atoms with Crippen LogP contribution in [0.4, 0.5) is 5.69 Å². The number of non-ortho nitro benzene ring substituents is 1. The maximum absolute atomic E-state index is 10.8. The monoisotopic (exact) mass is 357 g/mol. The van der Waals surface area contributed by atoms with E-state index >= 15 is 0 Å². The summed E-state index contributed by atoms with van der Waals surface area (Å²) in [4.78, 5) is 10.4. The molecule has 0 bridgehead atoms. The van der Waals surface area contributed by atoms with Crippen molar-refractivity contribution in [2.75, 3.05) is 0 Å². The van der Waals surface area contributed by atoms with Gasteiger partial charge in [0.05, 0.1) is 10.6 Å². The molecule has 0 radical (unpaired) electrons. The van der Waals surface area contributed by atoms with E-state index in [4.69, 9.17) is 11.6 Å². The van der Waals surface area contributed by atoms with Crippen LogP contribution in [0.3, 0.4) is 0 Å². The van der Waals surface area contributed by atoms with Crippen molar-refractivity contribution in [3.63, 3.8) is 0 Å². The van der Waals surface area contributed by atoms with Crippen LogP contribution < -0.4 is 0 Å². The van der Waals surface area contributed by atoms with Gasteiger partial charge in [-0.3, -0.25) is 10.1 Å². The van der Waals surface area contributed by atoms with Crippen LogP contribution in [0, 0.1) is 10.1 Å². The average molecular weight is 358 g/mol. The summed E-state index contributed by atoms with van der Waals surface area (Å²) < 4.78 is 0. The van der Waals surface area contributed by atoms with Crippen LogP contribution in [0.25, 0.3) is 11.3 Å². The number of thioether (sulfide) groups is 1. The molecule has 0 aliphatic heterocycles. The van der Waals surface area contributed by atoms with Gasteiger partial charge in [-0.05, 0) is 23.8 Å². The van der Waals surface area contributed by atoms with E-state index in [1.807, 2.05) is 30.3 Å². The summed E-state index contributed by atoms with van der Waals surface area (Å²) in [7, 11) is 0. The van der Waals surface area contributed by atoms with Crippen molar-refractivity contribution in [1.82, 2.24) is 10.2 Å². The Balaban J connectivity index is 1.73. The maximum atomic E-state index is 10.8. The highest BCUT2D eigenvalue weighted by Crippen LogP contribution is 2.27. The van der Waals surface area contributed by atoms with Gasteiger partial charge in [-0.25, -0.2) is 0 Å². The molecule has 0 spiro atoms. The van der Waals surface area contributed by atoms with Crippen molar-refractivity contribution in [2.45, 2.75) is 10.8 Å². The topological polar surface area (TPSA) is 68.9 Å². The molecule has 0 atom stereocenters. The Hall–Kier alpha value is -2.44. The minimum atomic E-state index is -0.426. The first-order valence-corrected chi connectivity index (χ1v) is 8.44. The minimum Gasteiger partial charge on any atom is -0.258 e. The van der Waals surface area contributed by atoms with Gasteiger partial charge < -0.3 is 0 Å². The van der Waals surface area contributed by atoms with Crippen LogP contribution in [0.1, 0.15) is 5.56 Å². The van der Waals surface area contributed by atoms with Gasteiger partial charge in [0.2, 0.25) is 0 Å². The number of nitro groups is 1. The van der Waals surface area contributed by atoms with E-state index < -0.39 is 4.92 Å². The molecular weight excluding hydrogens is 346 g/mol. The fourth-order valence-electron chi connectivity index (χ4n) is 2.10. The highest BCUT2D eigenvalue weighted by atomic mass is 35.5. The quantitative estimate of drug-likeness (QED) is 0.365. The van der Waals surface area contributed by atoms with Gasteiger partial charge in [0, 0.05) is 28.5 Å². The summed E-state index contributed by atoms with van der Waals surface area (Å²) in [6.45, 7) is 0. The van der Waals surface area contributed by atoms with Crippen molar-refractivity contribution in [3.05, 3.63) is 81.4 Å². The third-order valence-corrected chi connectivity index (χ3v) is 4.66. The molecule has 120 valence electrons. The Bertz CT molecular complexity index is 872. The molecular formula is C17H12ClN3O2S. The normalized spacial score (nSPS) is 10.5. The molecule has 0 N–H and O–H groups in total. The highest BCUT2D eigenvalue weighted by molar-refractivity contribution is 7.98. The van der Waals surface area contributed by atoms with Gasteiger partial charge in [0.1, 0.15) is 5.03 Å². The molecule has 0 amide bonds. The second-order valence-corrected chi connectivity index (χ2v) is 6.35. The van der Waals surface area contributed by atoms with Crippen molar-refractivity contribution < 1.29 is 4.92 Å². The lowest BCUT2D eigenvalue weighted by molar-refractivity contribution is -0.384. The van der Waals surface area contributed by atoms with Crippen LogP contribution in [-0.4, -0.2) is 15.1 Å². The molecule has 0 unspecified atom stereocenters. The standard InChI is InChI=1S/C17H12ClN3O2S/c18-15-7-2-1-4-13(15)11-24-17-9-8-16(19-20-17)12-5-3-6-14(10-12)21(22)23/h1-10H,11H2. The second-order valence-electron chi connectivity index (χ2n) is 4.94.